The van der Waals surface area contributed by atoms with Gasteiger partial charge in [0.05, 0.1) is 18.5 Å². The Morgan fingerprint density at radius 1 is 1.04 bits per heavy atom. The van der Waals surface area contributed by atoms with E-state index in [4.69, 9.17) is 9.40 Å². The minimum absolute atomic E-state index is 0.754. The highest BCUT2D eigenvalue weighted by atomic mass is 32.1. The smallest absolute Gasteiger partial charge is 0.154 e. The van der Waals surface area contributed by atoms with Gasteiger partial charge in [-0.2, -0.15) is 0 Å². The fourth-order valence-corrected chi connectivity index (χ4v) is 4.89. The molecule has 26 heavy (non-hydrogen) atoms. The Balaban J connectivity index is 1.18. The van der Waals surface area contributed by atoms with Gasteiger partial charge >= 0.3 is 0 Å². The summed E-state index contributed by atoms with van der Waals surface area (Å²) in [7, 11) is 0. The molecule has 1 saturated heterocycles. The van der Waals surface area contributed by atoms with Crippen LogP contribution >= 0.6 is 11.3 Å². The van der Waals surface area contributed by atoms with E-state index in [1.54, 1.807) is 6.26 Å². The maximum Gasteiger partial charge on any atom is 0.154 e. The number of nitrogens with zero attached hydrogens (tertiary/aromatic N) is 5. The van der Waals surface area contributed by atoms with E-state index < -0.39 is 0 Å². The van der Waals surface area contributed by atoms with Gasteiger partial charge in [0.2, 0.25) is 0 Å². The number of furan rings is 1. The molecule has 1 aliphatic heterocycles. The maximum atomic E-state index is 5.37. The van der Waals surface area contributed by atoms with Crippen LogP contribution in [0, 0.1) is 0 Å². The molecule has 1 aliphatic carbocycles. The van der Waals surface area contributed by atoms with Gasteiger partial charge in [0.15, 0.2) is 11.6 Å². The zero-order valence-corrected chi connectivity index (χ0v) is 15.4. The van der Waals surface area contributed by atoms with Crippen LogP contribution in [-0.2, 0) is 19.4 Å². The third kappa shape index (κ3) is 3.12. The molecule has 1 fully saturated rings. The molecular formula is C19H21N5OS. The molecule has 0 unspecified atom stereocenters. The molecule has 0 saturated carbocycles. The molecule has 3 aromatic heterocycles. The summed E-state index contributed by atoms with van der Waals surface area (Å²) >= 11 is 1.92. The van der Waals surface area contributed by atoms with Gasteiger partial charge in [-0.15, -0.1) is 21.5 Å². The van der Waals surface area contributed by atoms with Crippen molar-refractivity contribution in [2.75, 3.05) is 31.1 Å². The highest BCUT2D eigenvalue weighted by Crippen LogP contribution is 2.28. The average Bonchev–Trinajstić information content (AvgIpc) is 3.40. The van der Waals surface area contributed by atoms with Crippen molar-refractivity contribution < 1.29 is 4.42 Å². The second-order valence-corrected chi connectivity index (χ2v) is 8.02. The normalized spacial score (nSPS) is 17.6. The highest BCUT2D eigenvalue weighted by Gasteiger charge is 2.22. The van der Waals surface area contributed by atoms with Crippen molar-refractivity contribution >= 4 is 17.2 Å². The highest BCUT2D eigenvalue weighted by molar-refractivity contribution is 7.11. The summed E-state index contributed by atoms with van der Waals surface area (Å²) in [5.74, 6) is 1.69. The third-order valence-corrected chi connectivity index (χ3v) is 6.26. The first-order valence-electron chi connectivity index (χ1n) is 9.17. The fraction of sp³-hybridized carbons (Fsp3) is 0.421. The Bertz CT molecular complexity index is 844. The summed E-state index contributed by atoms with van der Waals surface area (Å²) in [4.78, 5) is 11.1. The Kier molecular flexibility index (Phi) is 4.18. The molecule has 0 spiro atoms. The Labute approximate surface area is 156 Å². The Morgan fingerprint density at radius 3 is 2.69 bits per heavy atom. The molecule has 2 aliphatic rings. The van der Waals surface area contributed by atoms with Gasteiger partial charge in [-0.25, -0.2) is 4.98 Å². The van der Waals surface area contributed by atoms with Crippen LogP contribution in [0.3, 0.4) is 0 Å². The molecule has 0 radical (unpaired) electrons. The average molecular weight is 367 g/mol. The van der Waals surface area contributed by atoms with E-state index in [0.717, 1.165) is 50.0 Å². The monoisotopic (exact) mass is 367 g/mol. The maximum absolute atomic E-state index is 5.37. The van der Waals surface area contributed by atoms with E-state index in [-0.39, 0.29) is 0 Å². The number of fused-ring (bicyclic) bond motifs is 1. The van der Waals surface area contributed by atoms with Crippen molar-refractivity contribution in [3.8, 4) is 11.5 Å². The SMILES string of the molecule is c1coc(-c2ccc(N3CCN(Cc4nc5c(s4)CCC5)CC3)nn2)c1. The van der Waals surface area contributed by atoms with Crippen molar-refractivity contribution in [3.05, 3.63) is 46.1 Å². The summed E-state index contributed by atoms with van der Waals surface area (Å²) in [5.41, 5.74) is 2.13. The number of aromatic nitrogens is 3. The van der Waals surface area contributed by atoms with Gasteiger partial charge in [-0.3, -0.25) is 4.90 Å². The van der Waals surface area contributed by atoms with Crippen LogP contribution in [0.25, 0.3) is 11.5 Å². The van der Waals surface area contributed by atoms with E-state index >= 15 is 0 Å². The molecule has 0 amide bonds. The Hall–Kier alpha value is -2.25. The molecule has 0 bridgehead atoms. The first kappa shape index (κ1) is 16.0. The second kappa shape index (κ2) is 6.81. The van der Waals surface area contributed by atoms with E-state index in [2.05, 4.69) is 20.0 Å². The number of aryl methyl sites for hydroxylation is 2. The third-order valence-electron chi connectivity index (χ3n) is 5.12. The number of hydrogen-bond acceptors (Lipinski definition) is 7. The summed E-state index contributed by atoms with van der Waals surface area (Å²) in [6, 6.07) is 7.77. The standard InChI is InChI=1S/C19H21N5OS/c1-3-15-17(5-1)26-19(20-15)13-23-8-10-24(11-9-23)18-7-6-14(21-22-18)16-4-2-12-25-16/h2,4,6-7,12H,1,3,5,8-11,13H2. The zero-order chi connectivity index (χ0) is 17.3. The summed E-state index contributed by atoms with van der Waals surface area (Å²) in [6.45, 7) is 4.99. The van der Waals surface area contributed by atoms with Crippen LogP contribution in [0.1, 0.15) is 22.0 Å². The van der Waals surface area contributed by atoms with Crippen LogP contribution < -0.4 is 4.90 Å². The summed E-state index contributed by atoms with van der Waals surface area (Å²) in [6.07, 6.45) is 5.34. The molecular weight excluding hydrogens is 346 g/mol. The van der Waals surface area contributed by atoms with E-state index in [1.165, 1.54) is 34.8 Å². The van der Waals surface area contributed by atoms with Crippen molar-refractivity contribution in [1.29, 1.82) is 0 Å². The van der Waals surface area contributed by atoms with Crippen LogP contribution in [-0.4, -0.2) is 46.3 Å². The number of rotatable bonds is 4. The lowest BCUT2D eigenvalue weighted by molar-refractivity contribution is 0.248. The first-order chi connectivity index (χ1) is 12.8. The van der Waals surface area contributed by atoms with Crippen LogP contribution in [0.2, 0.25) is 0 Å². The molecule has 3 aromatic rings. The van der Waals surface area contributed by atoms with E-state index in [1.807, 2.05) is 35.6 Å². The topological polar surface area (TPSA) is 58.3 Å². The molecule has 6 nitrogen and oxygen atoms in total. The quantitative estimate of drug-likeness (QED) is 0.707. The largest absolute Gasteiger partial charge is 0.463 e. The minimum Gasteiger partial charge on any atom is -0.463 e. The number of hydrogen-bond donors (Lipinski definition) is 0. The fourth-order valence-electron chi connectivity index (χ4n) is 3.69. The first-order valence-corrected chi connectivity index (χ1v) is 9.99. The second-order valence-electron chi connectivity index (χ2n) is 6.85. The van der Waals surface area contributed by atoms with Gasteiger partial charge in [0.1, 0.15) is 10.7 Å². The van der Waals surface area contributed by atoms with Crippen LogP contribution in [0.4, 0.5) is 5.82 Å². The molecule has 5 rings (SSSR count). The number of thiazole rings is 1. The van der Waals surface area contributed by atoms with E-state index in [0.29, 0.717) is 0 Å². The summed E-state index contributed by atoms with van der Waals surface area (Å²) < 4.78 is 5.37. The predicted octanol–water partition coefficient (Wildman–Crippen LogP) is 3.00. The molecule has 134 valence electrons. The lowest BCUT2D eigenvalue weighted by atomic mass is 10.3. The van der Waals surface area contributed by atoms with Crippen molar-refractivity contribution in [1.82, 2.24) is 20.1 Å². The lowest BCUT2D eigenvalue weighted by Crippen LogP contribution is -2.46. The molecule has 7 heteroatoms. The van der Waals surface area contributed by atoms with Gasteiger partial charge < -0.3 is 9.32 Å². The van der Waals surface area contributed by atoms with Crippen molar-refractivity contribution in [3.63, 3.8) is 0 Å². The lowest BCUT2D eigenvalue weighted by Gasteiger charge is -2.34. The van der Waals surface area contributed by atoms with Gasteiger partial charge in [0, 0.05) is 31.1 Å². The molecule has 4 heterocycles. The predicted molar refractivity (Wildman–Crippen MR) is 101 cm³/mol. The van der Waals surface area contributed by atoms with Gasteiger partial charge in [-0.05, 0) is 43.5 Å². The summed E-state index contributed by atoms with van der Waals surface area (Å²) in [5, 5.41) is 9.98. The van der Waals surface area contributed by atoms with E-state index in [9.17, 15) is 0 Å². The van der Waals surface area contributed by atoms with Crippen LogP contribution in [0.5, 0.6) is 0 Å². The molecule has 0 aromatic carbocycles. The van der Waals surface area contributed by atoms with Gasteiger partial charge in [-0.1, -0.05) is 0 Å². The van der Waals surface area contributed by atoms with Crippen LogP contribution in [0.15, 0.2) is 34.9 Å². The molecule has 0 N–H and O–H groups in total. The minimum atomic E-state index is 0.754. The number of anilines is 1. The number of piperazine rings is 1. The molecule has 0 atom stereocenters. The zero-order valence-electron chi connectivity index (χ0n) is 14.6. The van der Waals surface area contributed by atoms with Gasteiger partial charge in [0.25, 0.3) is 0 Å². The van der Waals surface area contributed by atoms with Crippen molar-refractivity contribution in [2.45, 2.75) is 25.8 Å². The van der Waals surface area contributed by atoms with Crippen molar-refractivity contribution in [2.24, 2.45) is 0 Å². The Morgan fingerprint density at radius 2 is 1.96 bits per heavy atom.